The standard InChI is InChI=1S/C33H26N2O2S/c1-21-31(22(2)36)32(28-14-8-12-25-11-6-7-13-27(25)28)29(19-34)33(35-21)38-20-30(37)26-17-15-24(16-18-26)23-9-4-3-5-10-23/h3-18,32,35H,20H2,1-2H3. The lowest BCUT2D eigenvalue weighted by atomic mass is 9.79. The molecule has 186 valence electrons. The van der Waals surface area contributed by atoms with E-state index < -0.39 is 5.92 Å². The monoisotopic (exact) mass is 514 g/mol. The molecule has 0 fully saturated rings. The number of Topliss-reactive ketones (excluding diaryl/α,β-unsaturated/α-hetero) is 2. The Bertz CT molecular complexity index is 1640. The summed E-state index contributed by atoms with van der Waals surface area (Å²) in [5.74, 6) is -0.447. The second-order valence-corrected chi connectivity index (χ2v) is 10.2. The Labute approximate surface area is 226 Å². The minimum Gasteiger partial charge on any atom is -0.353 e. The van der Waals surface area contributed by atoms with Crippen LogP contribution in [0.15, 0.2) is 119 Å². The van der Waals surface area contributed by atoms with Crippen LogP contribution in [0.2, 0.25) is 0 Å². The number of thioether (sulfide) groups is 1. The number of fused-ring (bicyclic) bond motifs is 1. The van der Waals surface area contributed by atoms with Gasteiger partial charge in [-0.05, 0) is 41.3 Å². The van der Waals surface area contributed by atoms with Gasteiger partial charge >= 0.3 is 0 Å². The van der Waals surface area contributed by atoms with Gasteiger partial charge in [0, 0.05) is 16.8 Å². The van der Waals surface area contributed by atoms with E-state index in [1.807, 2.05) is 104 Å². The van der Waals surface area contributed by atoms with Crippen molar-refractivity contribution in [3.05, 3.63) is 130 Å². The number of nitrogens with one attached hydrogen (secondary N) is 1. The molecule has 0 aliphatic carbocycles. The molecule has 5 heteroatoms. The smallest absolute Gasteiger partial charge is 0.173 e. The first-order valence-corrected chi connectivity index (χ1v) is 13.4. The zero-order valence-corrected chi connectivity index (χ0v) is 22.0. The number of carbonyl (C=O) groups excluding carboxylic acids is 2. The minimum absolute atomic E-state index is 0.0260. The first kappa shape index (κ1) is 25.3. The Morgan fingerprint density at radius 2 is 1.53 bits per heavy atom. The maximum atomic E-state index is 13.1. The van der Waals surface area contributed by atoms with Gasteiger partial charge in [0.2, 0.25) is 0 Å². The van der Waals surface area contributed by atoms with Crippen molar-refractivity contribution in [2.75, 3.05) is 5.75 Å². The predicted octanol–water partition coefficient (Wildman–Crippen LogP) is 7.41. The van der Waals surface area contributed by atoms with Crippen LogP contribution in [-0.4, -0.2) is 17.3 Å². The fourth-order valence-electron chi connectivity index (χ4n) is 5.01. The molecule has 1 atom stereocenters. The van der Waals surface area contributed by atoms with Crippen molar-refractivity contribution < 1.29 is 9.59 Å². The van der Waals surface area contributed by atoms with E-state index in [1.54, 1.807) is 0 Å². The maximum Gasteiger partial charge on any atom is 0.173 e. The average molecular weight is 515 g/mol. The summed E-state index contributed by atoms with van der Waals surface area (Å²) in [5, 5.41) is 16.2. The molecule has 4 aromatic carbocycles. The highest BCUT2D eigenvalue weighted by Gasteiger charge is 2.34. The van der Waals surface area contributed by atoms with Crippen LogP contribution in [-0.2, 0) is 4.79 Å². The van der Waals surface area contributed by atoms with Gasteiger partial charge in [-0.1, -0.05) is 109 Å². The lowest BCUT2D eigenvalue weighted by molar-refractivity contribution is -0.113. The number of rotatable bonds is 7. The topological polar surface area (TPSA) is 70.0 Å². The molecule has 1 N–H and O–H groups in total. The number of hydrogen-bond donors (Lipinski definition) is 1. The number of carbonyl (C=O) groups is 2. The molecule has 0 saturated heterocycles. The van der Waals surface area contributed by atoms with Crippen molar-refractivity contribution in [2.45, 2.75) is 19.8 Å². The van der Waals surface area contributed by atoms with E-state index in [0.717, 1.165) is 27.5 Å². The summed E-state index contributed by atoms with van der Waals surface area (Å²) in [5.41, 5.74) is 5.41. The van der Waals surface area contributed by atoms with E-state index in [1.165, 1.54) is 18.7 Å². The van der Waals surface area contributed by atoms with Gasteiger partial charge < -0.3 is 5.32 Å². The lowest BCUT2D eigenvalue weighted by Crippen LogP contribution is -2.27. The summed E-state index contributed by atoms with van der Waals surface area (Å²) >= 11 is 1.31. The Morgan fingerprint density at radius 1 is 0.868 bits per heavy atom. The Balaban J connectivity index is 1.45. The molecule has 4 nitrogen and oxygen atoms in total. The van der Waals surface area contributed by atoms with Gasteiger partial charge in [-0.25, -0.2) is 0 Å². The third-order valence-electron chi connectivity index (χ3n) is 6.82. The molecule has 1 aliphatic rings. The van der Waals surface area contributed by atoms with Gasteiger partial charge in [-0.2, -0.15) is 5.26 Å². The fourth-order valence-corrected chi connectivity index (χ4v) is 5.99. The molecule has 0 bridgehead atoms. The lowest BCUT2D eigenvalue weighted by Gasteiger charge is -2.30. The van der Waals surface area contributed by atoms with Gasteiger partial charge in [0.1, 0.15) is 0 Å². The van der Waals surface area contributed by atoms with Gasteiger partial charge in [-0.15, -0.1) is 0 Å². The van der Waals surface area contributed by atoms with Crippen molar-refractivity contribution in [3.63, 3.8) is 0 Å². The molecule has 4 aromatic rings. The van der Waals surface area contributed by atoms with Crippen molar-refractivity contribution in [3.8, 4) is 17.2 Å². The fraction of sp³-hybridized carbons (Fsp3) is 0.121. The van der Waals surface area contributed by atoms with Crippen LogP contribution in [0, 0.1) is 11.3 Å². The number of allylic oxidation sites excluding steroid dienone is 3. The highest BCUT2D eigenvalue weighted by Crippen LogP contribution is 2.43. The molecule has 0 saturated carbocycles. The predicted molar refractivity (Wildman–Crippen MR) is 155 cm³/mol. The van der Waals surface area contributed by atoms with Crippen molar-refractivity contribution in [1.29, 1.82) is 5.26 Å². The second-order valence-electron chi connectivity index (χ2n) is 9.23. The first-order valence-electron chi connectivity index (χ1n) is 12.4. The number of dihydropyridines is 1. The molecule has 0 amide bonds. The number of nitriles is 1. The molecule has 1 aliphatic heterocycles. The van der Waals surface area contributed by atoms with Crippen LogP contribution in [0.5, 0.6) is 0 Å². The van der Waals surface area contributed by atoms with Gasteiger partial charge in [-0.3, -0.25) is 9.59 Å². The van der Waals surface area contributed by atoms with Crippen LogP contribution >= 0.6 is 11.8 Å². The van der Waals surface area contributed by atoms with E-state index >= 15 is 0 Å². The maximum absolute atomic E-state index is 13.1. The number of hydrogen-bond acceptors (Lipinski definition) is 5. The van der Waals surface area contributed by atoms with E-state index in [0.29, 0.717) is 27.4 Å². The average Bonchev–Trinajstić information content (AvgIpc) is 2.95. The molecule has 1 heterocycles. The summed E-state index contributed by atoms with van der Waals surface area (Å²) < 4.78 is 0. The highest BCUT2D eigenvalue weighted by molar-refractivity contribution is 8.03. The summed E-state index contributed by atoms with van der Waals surface area (Å²) in [6.45, 7) is 3.39. The summed E-state index contributed by atoms with van der Waals surface area (Å²) in [4.78, 5) is 25.9. The van der Waals surface area contributed by atoms with Crippen molar-refractivity contribution >= 4 is 34.1 Å². The van der Waals surface area contributed by atoms with Crippen LogP contribution in [0.25, 0.3) is 21.9 Å². The third kappa shape index (κ3) is 4.91. The quantitative estimate of drug-likeness (QED) is 0.260. The van der Waals surface area contributed by atoms with Crippen LogP contribution in [0.4, 0.5) is 0 Å². The molecule has 0 aromatic heterocycles. The highest BCUT2D eigenvalue weighted by atomic mass is 32.2. The molecular formula is C33H26N2O2S. The summed E-state index contributed by atoms with van der Waals surface area (Å²) in [6, 6.07) is 33.9. The van der Waals surface area contributed by atoms with Gasteiger partial charge in [0.15, 0.2) is 11.6 Å². The van der Waals surface area contributed by atoms with Crippen LogP contribution in [0.1, 0.15) is 35.7 Å². The Kier molecular flexibility index (Phi) is 7.26. The van der Waals surface area contributed by atoms with E-state index in [-0.39, 0.29) is 17.3 Å². The van der Waals surface area contributed by atoms with Crippen LogP contribution < -0.4 is 5.32 Å². The van der Waals surface area contributed by atoms with E-state index in [2.05, 4.69) is 11.4 Å². The molecule has 5 rings (SSSR count). The zero-order chi connectivity index (χ0) is 26.6. The van der Waals surface area contributed by atoms with E-state index in [4.69, 9.17) is 0 Å². The molecule has 1 unspecified atom stereocenters. The van der Waals surface area contributed by atoms with E-state index in [9.17, 15) is 14.9 Å². The SMILES string of the molecule is CC(=O)C1=C(C)NC(SCC(=O)c2ccc(-c3ccccc3)cc2)=C(C#N)C1c1cccc2ccccc12. The second kappa shape index (κ2) is 10.9. The van der Waals surface area contributed by atoms with Gasteiger partial charge in [0.05, 0.1) is 28.3 Å². The normalized spacial score (nSPS) is 15.2. The molecule has 0 spiro atoms. The number of ketones is 2. The molecular weight excluding hydrogens is 488 g/mol. The number of benzene rings is 4. The summed E-state index contributed by atoms with van der Waals surface area (Å²) in [6.07, 6.45) is 0. The molecule has 0 radical (unpaired) electrons. The largest absolute Gasteiger partial charge is 0.353 e. The molecule has 38 heavy (non-hydrogen) atoms. The minimum atomic E-state index is -0.507. The Morgan fingerprint density at radius 3 is 2.24 bits per heavy atom. The number of nitrogens with zero attached hydrogens (tertiary/aromatic N) is 1. The third-order valence-corrected chi connectivity index (χ3v) is 7.84. The van der Waals surface area contributed by atoms with Crippen molar-refractivity contribution in [1.82, 2.24) is 5.32 Å². The first-order chi connectivity index (χ1) is 18.5. The summed E-state index contributed by atoms with van der Waals surface area (Å²) in [7, 11) is 0. The van der Waals surface area contributed by atoms with Crippen molar-refractivity contribution in [2.24, 2.45) is 0 Å². The van der Waals surface area contributed by atoms with Gasteiger partial charge in [0.25, 0.3) is 0 Å². The van der Waals surface area contributed by atoms with Crippen LogP contribution in [0.3, 0.4) is 0 Å². The zero-order valence-electron chi connectivity index (χ0n) is 21.2. The Hall–Kier alpha value is -4.40.